The van der Waals surface area contributed by atoms with Gasteiger partial charge in [-0.15, -0.1) is 0 Å². The summed E-state index contributed by atoms with van der Waals surface area (Å²) >= 11 is 0. The minimum Gasteiger partial charge on any atom is -0.484 e. The van der Waals surface area contributed by atoms with Crippen LogP contribution in [0.15, 0.2) is 24.3 Å². The van der Waals surface area contributed by atoms with Gasteiger partial charge in [-0.05, 0) is 37.1 Å². The van der Waals surface area contributed by atoms with Gasteiger partial charge < -0.3 is 14.8 Å². The highest BCUT2D eigenvalue weighted by molar-refractivity contribution is 7.86. The quantitative estimate of drug-likeness (QED) is 0.653. The molecule has 1 aromatic carbocycles. The molecule has 0 atom stereocenters. The van der Waals surface area contributed by atoms with E-state index in [4.69, 9.17) is 9.47 Å². The number of nitrogens with zero attached hydrogens (tertiary/aromatic N) is 2. The van der Waals surface area contributed by atoms with Crippen molar-refractivity contribution in [2.24, 2.45) is 0 Å². The number of nitrogens with one attached hydrogen (secondary N) is 1. The van der Waals surface area contributed by atoms with Gasteiger partial charge in [0.05, 0.1) is 0 Å². The molecule has 2 rings (SSSR count). The summed E-state index contributed by atoms with van der Waals surface area (Å²) in [6.45, 7) is 1.12. The fraction of sp³-hybridized carbons (Fsp3) is 0.588. The summed E-state index contributed by atoms with van der Waals surface area (Å²) in [5.41, 5.74) is 0. The van der Waals surface area contributed by atoms with E-state index in [0.29, 0.717) is 31.8 Å². The maximum Gasteiger partial charge on any atom is 0.281 e. The average molecular weight is 403 g/mol. The lowest BCUT2D eigenvalue weighted by Crippen LogP contribution is -2.50. The number of hydrogen-bond donors (Lipinski definition) is 1. The number of halogens is 1. The van der Waals surface area contributed by atoms with Crippen LogP contribution in [-0.2, 0) is 19.7 Å². The van der Waals surface area contributed by atoms with Crippen molar-refractivity contribution in [1.29, 1.82) is 0 Å². The van der Waals surface area contributed by atoms with E-state index in [2.05, 4.69) is 5.32 Å². The largest absolute Gasteiger partial charge is 0.484 e. The van der Waals surface area contributed by atoms with E-state index in [-0.39, 0.29) is 37.5 Å². The predicted molar refractivity (Wildman–Crippen MR) is 98.1 cm³/mol. The van der Waals surface area contributed by atoms with Gasteiger partial charge in [0.2, 0.25) is 0 Å². The number of ether oxygens (including phenoxy) is 2. The Balaban J connectivity index is 1.84. The van der Waals surface area contributed by atoms with Crippen LogP contribution in [0.4, 0.5) is 4.39 Å². The topological polar surface area (TPSA) is 88.2 Å². The van der Waals surface area contributed by atoms with Crippen LogP contribution < -0.4 is 10.1 Å². The molecule has 1 saturated heterocycles. The Labute approximate surface area is 159 Å². The fourth-order valence-corrected chi connectivity index (χ4v) is 4.03. The molecule has 0 aromatic heterocycles. The second kappa shape index (κ2) is 9.98. The van der Waals surface area contributed by atoms with Crippen molar-refractivity contribution in [3.8, 4) is 5.75 Å². The molecule has 0 unspecified atom stereocenters. The first-order valence-electron chi connectivity index (χ1n) is 8.73. The third kappa shape index (κ3) is 6.42. The smallest absolute Gasteiger partial charge is 0.281 e. The normalized spacial score (nSPS) is 15.9. The second-order valence-electron chi connectivity index (χ2n) is 6.34. The van der Waals surface area contributed by atoms with E-state index < -0.39 is 10.2 Å². The third-order valence-corrected chi connectivity index (χ3v) is 6.19. The molecule has 1 aliphatic rings. The van der Waals surface area contributed by atoms with Gasteiger partial charge in [0, 0.05) is 46.4 Å². The van der Waals surface area contributed by atoms with Gasteiger partial charge in [0.25, 0.3) is 16.1 Å². The monoisotopic (exact) mass is 403 g/mol. The molecule has 1 aliphatic heterocycles. The second-order valence-corrected chi connectivity index (χ2v) is 8.43. The third-order valence-electron chi connectivity index (χ3n) is 4.19. The molecule has 27 heavy (non-hydrogen) atoms. The molecule has 0 aliphatic carbocycles. The zero-order chi connectivity index (χ0) is 19.9. The summed E-state index contributed by atoms with van der Waals surface area (Å²) in [5, 5.41) is 2.65. The van der Waals surface area contributed by atoms with Crippen molar-refractivity contribution in [2.45, 2.75) is 18.9 Å². The van der Waals surface area contributed by atoms with Crippen LogP contribution in [0.25, 0.3) is 0 Å². The minimum atomic E-state index is -3.60. The van der Waals surface area contributed by atoms with Crippen LogP contribution in [0.5, 0.6) is 5.75 Å². The Morgan fingerprint density at radius 3 is 2.48 bits per heavy atom. The first-order chi connectivity index (χ1) is 12.8. The Morgan fingerprint density at radius 1 is 1.26 bits per heavy atom. The highest BCUT2D eigenvalue weighted by Crippen LogP contribution is 2.19. The van der Waals surface area contributed by atoms with Crippen molar-refractivity contribution in [1.82, 2.24) is 13.9 Å². The first kappa shape index (κ1) is 21.5. The number of carbonyl (C=O) groups is 1. The molecule has 0 radical (unpaired) electrons. The lowest BCUT2D eigenvalue weighted by atomic mass is 10.1. The van der Waals surface area contributed by atoms with Gasteiger partial charge in [-0.1, -0.05) is 0 Å². The van der Waals surface area contributed by atoms with Crippen molar-refractivity contribution in [3.63, 3.8) is 0 Å². The maximum absolute atomic E-state index is 12.8. The summed E-state index contributed by atoms with van der Waals surface area (Å²) < 4.78 is 51.2. The Kier molecular flexibility index (Phi) is 7.96. The summed E-state index contributed by atoms with van der Waals surface area (Å²) in [7, 11) is -0.637. The molecule has 152 valence electrons. The van der Waals surface area contributed by atoms with Crippen LogP contribution in [0.3, 0.4) is 0 Å². The Hall–Kier alpha value is -1.75. The molecule has 10 heteroatoms. The van der Waals surface area contributed by atoms with Gasteiger partial charge in [0.15, 0.2) is 6.61 Å². The van der Waals surface area contributed by atoms with Gasteiger partial charge in [-0.25, -0.2) is 4.39 Å². The molecule has 1 amide bonds. The van der Waals surface area contributed by atoms with Crippen molar-refractivity contribution < 1.29 is 27.1 Å². The molecule has 0 saturated carbocycles. The van der Waals surface area contributed by atoms with Crippen LogP contribution in [0.1, 0.15) is 12.8 Å². The van der Waals surface area contributed by atoms with Gasteiger partial charge >= 0.3 is 0 Å². The first-order valence-corrected chi connectivity index (χ1v) is 10.1. The molecule has 0 spiro atoms. The van der Waals surface area contributed by atoms with Crippen molar-refractivity contribution in [3.05, 3.63) is 30.1 Å². The van der Waals surface area contributed by atoms with Gasteiger partial charge in [0.1, 0.15) is 11.6 Å². The summed E-state index contributed by atoms with van der Waals surface area (Å²) in [6, 6.07) is 5.19. The zero-order valence-corrected chi connectivity index (χ0v) is 16.4. The molecule has 1 heterocycles. The van der Waals surface area contributed by atoms with E-state index >= 15 is 0 Å². The summed E-state index contributed by atoms with van der Waals surface area (Å²) in [6.07, 6.45) is 1.24. The van der Waals surface area contributed by atoms with Crippen LogP contribution in [0, 0.1) is 5.82 Å². The zero-order valence-electron chi connectivity index (χ0n) is 15.6. The number of hydrogen-bond acceptors (Lipinski definition) is 5. The van der Waals surface area contributed by atoms with Crippen molar-refractivity contribution >= 4 is 16.1 Å². The van der Waals surface area contributed by atoms with E-state index in [1.54, 1.807) is 0 Å². The summed E-state index contributed by atoms with van der Waals surface area (Å²) in [5.74, 6) is -0.388. The molecule has 1 aromatic rings. The maximum atomic E-state index is 12.8. The number of rotatable bonds is 9. The van der Waals surface area contributed by atoms with E-state index in [1.165, 1.54) is 47.0 Å². The highest BCUT2D eigenvalue weighted by Gasteiger charge is 2.32. The lowest BCUT2D eigenvalue weighted by Gasteiger charge is -2.34. The SMILES string of the molecule is CN(C)S(=O)(=O)N(CCNC(=O)COc1ccc(F)cc1)C1CCOCC1. The van der Waals surface area contributed by atoms with E-state index in [9.17, 15) is 17.6 Å². The molecule has 8 nitrogen and oxygen atoms in total. The number of carbonyl (C=O) groups excluding carboxylic acids is 1. The highest BCUT2D eigenvalue weighted by atomic mass is 32.2. The van der Waals surface area contributed by atoms with Crippen LogP contribution >= 0.6 is 0 Å². The summed E-state index contributed by atoms with van der Waals surface area (Å²) in [4.78, 5) is 11.9. The predicted octanol–water partition coefficient (Wildman–Crippen LogP) is 0.608. The van der Waals surface area contributed by atoms with Gasteiger partial charge in [-0.3, -0.25) is 4.79 Å². The molecule has 1 N–H and O–H groups in total. The number of benzene rings is 1. The number of amides is 1. The fourth-order valence-electron chi connectivity index (χ4n) is 2.71. The minimum absolute atomic E-state index is 0.154. The standard InChI is InChI=1S/C17H26FN3O5S/c1-20(2)27(23,24)21(15-7-11-25-12-8-15)10-9-19-17(22)13-26-16-5-3-14(18)4-6-16/h3-6,15H,7-13H2,1-2H3,(H,19,22). The van der Waals surface area contributed by atoms with E-state index in [1.807, 2.05) is 0 Å². The van der Waals surface area contributed by atoms with Crippen LogP contribution in [0.2, 0.25) is 0 Å². The van der Waals surface area contributed by atoms with Gasteiger partial charge in [-0.2, -0.15) is 17.0 Å². The molecular weight excluding hydrogens is 377 g/mol. The Morgan fingerprint density at radius 2 is 1.89 bits per heavy atom. The molecule has 0 bridgehead atoms. The van der Waals surface area contributed by atoms with Crippen molar-refractivity contribution in [2.75, 3.05) is 47.0 Å². The molecule has 1 fully saturated rings. The van der Waals surface area contributed by atoms with E-state index in [0.717, 1.165) is 0 Å². The molecular formula is C17H26FN3O5S. The Bertz CT molecular complexity index is 706. The van der Waals surface area contributed by atoms with Crippen LogP contribution in [-0.4, -0.2) is 76.0 Å². The lowest BCUT2D eigenvalue weighted by molar-refractivity contribution is -0.123. The average Bonchev–Trinajstić information content (AvgIpc) is 2.65.